The molecule has 2 heterocycles. The highest BCUT2D eigenvalue weighted by atomic mass is 35.5. The van der Waals surface area contributed by atoms with Gasteiger partial charge in [-0.05, 0) is 37.3 Å². The van der Waals surface area contributed by atoms with E-state index in [2.05, 4.69) is 9.88 Å². The second kappa shape index (κ2) is 6.36. The maximum atomic E-state index is 11.9. The van der Waals surface area contributed by atoms with Crippen molar-refractivity contribution in [3.05, 3.63) is 47.6 Å². The molecule has 0 saturated carbocycles. The van der Waals surface area contributed by atoms with Gasteiger partial charge < -0.3 is 9.80 Å². The Bertz CT molecular complexity index is 721. The summed E-state index contributed by atoms with van der Waals surface area (Å²) in [6, 6.07) is 7.81. The Morgan fingerprint density at radius 2 is 2.00 bits per heavy atom. The van der Waals surface area contributed by atoms with Gasteiger partial charge in [0.1, 0.15) is 0 Å². The maximum Gasteiger partial charge on any atom is 0.246 e. The quantitative estimate of drug-likeness (QED) is 0.799. The van der Waals surface area contributed by atoms with Crippen molar-refractivity contribution in [2.75, 3.05) is 31.1 Å². The number of carbonyl (C=O) groups is 1. The zero-order valence-electron chi connectivity index (χ0n) is 12.5. The summed E-state index contributed by atoms with van der Waals surface area (Å²) in [7, 11) is 0. The number of pyridine rings is 1. The van der Waals surface area contributed by atoms with E-state index in [1.165, 1.54) is 0 Å². The molecule has 1 amide bonds. The molecule has 1 fully saturated rings. The highest BCUT2D eigenvalue weighted by Gasteiger charge is 2.20. The zero-order chi connectivity index (χ0) is 15.5. The fraction of sp³-hybridized carbons (Fsp3) is 0.294. The van der Waals surface area contributed by atoms with Crippen LogP contribution >= 0.6 is 11.6 Å². The third-order valence-corrected chi connectivity index (χ3v) is 4.16. The van der Waals surface area contributed by atoms with E-state index in [-0.39, 0.29) is 5.91 Å². The molecule has 0 unspecified atom stereocenters. The van der Waals surface area contributed by atoms with E-state index in [9.17, 15) is 4.79 Å². The Balaban J connectivity index is 1.81. The Labute approximate surface area is 135 Å². The Hall–Kier alpha value is -2.07. The standard InChI is InChI=1S/C17H18ClN3O/c1-2-3-17(22)21-10-8-20(9-11-21)16-6-7-19-15-12-13(18)4-5-14(15)16/h2-7,12H,8-11H2,1H3. The van der Waals surface area contributed by atoms with E-state index in [4.69, 9.17) is 11.6 Å². The number of halogens is 1. The summed E-state index contributed by atoms with van der Waals surface area (Å²) in [4.78, 5) is 20.5. The normalized spacial score (nSPS) is 15.7. The molecule has 1 saturated heterocycles. The molecule has 0 radical (unpaired) electrons. The minimum atomic E-state index is 0.0912. The van der Waals surface area contributed by atoms with E-state index in [1.54, 1.807) is 12.2 Å². The van der Waals surface area contributed by atoms with Crippen LogP contribution in [0, 0.1) is 0 Å². The predicted octanol–water partition coefficient (Wildman–Crippen LogP) is 3.11. The Kier molecular flexibility index (Phi) is 4.29. The molecule has 3 rings (SSSR count). The van der Waals surface area contributed by atoms with Gasteiger partial charge in [0.2, 0.25) is 5.91 Å². The first kappa shape index (κ1) is 14.9. The van der Waals surface area contributed by atoms with Crippen molar-refractivity contribution in [1.82, 2.24) is 9.88 Å². The number of nitrogens with zero attached hydrogens (tertiary/aromatic N) is 3. The third kappa shape index (κ3) is 2.92. The average molecular weight is 316 g/mol. The molecule has 0 spiro atoms. The molecular weight excluding hydrogens is 298 g/mol. The maximum absolute atomic E-state index is 11.9. The van der Waals surface area contributed by atoms with Crippen LogP contribution in [0.1, 0.15) is 6.92 Å². The third-order valence-electron chi connectivity index (χ3n) is 3.92. The van der Waals surface area contributed by atoms with Crippen LogP contribution < -0.4 is 4.90 Å². The van der Waals surface area contributed by atoms with E-state index >= 15 is 0 Å². The molecule has 0 N–H and O–H groups in total. The van der Waals surface area contributed by atoms with Crippen LogP contribution in [0.4, 0.5) is 5.69 Å². The summed E-state index contributed by atoms with van der Waals surface area (Å²) in [5.41, 5.74) is 2.05. The number of allylic oxidation sites excluding steroid dienone is 1. The lowest BCUT2D eigenvalue weighted by Gasteiger charge is -2.36. The molecule has 5 heteroatoms. The fourth-order valence-electron chi connectivity index (χ4n) is 2.80. The fourth-order valence-corrected chi connectivity index (χ4v) is 2.96. The second-order valence-corrected chi connectivity index (χ2v) is 5.74. The number of hydrogen-bond donors (Lipinski definition) is 0. The molecule has 114 valence electrons. The van der Waals surface area contributed by atoms with Gasteiger partial charge in [0.25, 0.3) is 0 Å². The van der Waals surface area contributed by atoms with Gasteiger partial charge in [-0.3, -0.25) is 9.78 Å². The van der Waals surface area contributed by atoms with Gasteiger partial charge in [-0.2, -0.15) is 0 Å². The molecule has 2 aromatic rings. The number of anilines is 1. The topological polar surface area (TPSA) is 36.4 Å². The number of rotatable bonds is 2. The number of piperazine rings is 1. The van der Waals surface area contributed by atoms with Crippen LogP contribution in [-0.2, 0) is 4.79 Å². The van der Waals surface area contributed by atoms with Crippen LogP contribution in [0.25, 0.3) is 10.9 Å². The Morgan fingerprint density at radius 1 is 1.23 bits per heavy atom. The van der Waals surface area contributed by atoms with Crippen LogP contribution in [0.5, 0.6) is 0 Å². The number of aromatic nitrogens is 1. The highest BCUT2D eigenvalue weighted by molar-refractivity contribution is 6.31. The molecule has 0 atom stereocenters. The van der Waals surface area contributed by atoms with Crippen molar-refractivity contribution in [3.63, 3.8) is 0 Å². The molecule has 0 bridgehead atoms. The average Bonchev–Trinajstić information content (AvgIpc) is 2.54. The number of hydrogen-bond acceptors (Lipinski definition) is 3. The van der Waals surface area contributed by atoms with E-state index < -0.39 is 0 Å². The summed E-state index contributed by atoms with van der Waals surface area (Å²) >= 11 is 6.04. The molecule has 1 aromatic carbocycles. The van der Waals surface area contributed by atoms with Gasteiger partial charge in [0.15, 0.2) is 0 Å². The smallest absolute Gasteiger partial charge is 0.246 e. The Morgan fingerprint density at radius 3 is 2.73 bits per heavy atom. The number of fused-ring (bicyclic) bond motifs is 1. The van der Waals surface area contributed by atoms with Crippen LogP contribution in [0.3, 0.4) is 0 Å². The summed E-state index contributed by atoms with van der Waals surface area (Å²) in [5.74, 6) is 0.0912. The zero-order valence-corrected chi connectivity index (χ0v) is 13.3. The van der Waals surface area contributed by atoms with Crippen molar-refractivity contribution < 1.29 is 4.79 Å². The van der Waals surface area contributed by atoms with Gasteiger partial charge in [0, 0.05) is 48.5 Å². The van der Waals surface area contributed by atoms with Crippen LogP contribution in [0.15, 0.2) is 42.6 Å². The summed E-state index contributed by atoms with van der Waals surface area (Å²) in [5, 5.41) is 1.79. The largest absolute Gasteiger partial charge is 0.367 e. The number of benzene rings is 1. The van der Waals surface area contributed by atoms with Crippen LogP contribution in [0.2, 0.25) is 5.02 Å². The predicted molar refractivity (Wildman–Crippen MR) is 90.4 cm³/mol. The first-order chi connectivity index (χ1) is 10.7. The lowest BCUT2D eigenvalue weighted by Crippen LogP contribution is -2.48. The monoisotopic (exact) mass is 315 g/mol. The van der Waals surface area contributed by atoms with E-state index in [0.717, 1.165) is 42.8 Å². The minimum Gasteiger partial charge on any atom is -0.367 e. The van der Waals surface area contributed by atoms with Crippen molar-refractivity contribution in [3.8, 4) is 0 Å². The molecule has 22 heavy (non-hydrogen) atoms. The van der Waals surface area contributed by atoms with Gasteiger partial charge in [-0.25, -0.2) is 0 Å². The molecule has 4 nitrogen and oxygen atoms in total. The van der Waals surface area contributed by atoms with Crippen LogP contribution in [-0.4, -0.2) is 42.0 Å². The molecule has 0 aliphatic carbocycles. The first-order valence-electron chi connectivity index (χ1n) is 7.40. The van der Waals surface area contributed by atoms with Crippen molar-refractivity contribution in [1.29, 1.82) is 0 Å². The lowest BCUT2D eigenvalue weighted by molar-refractivity contribution is -0.126. The summed E-state index contributed by atoms with van der Waals surface area (Å²) in [6.45, 7) is 4.99. The summed E-state index contributed by atoms with van der Waals surface area (Å²) < 4.78 is 0. The van der Waals surface area contributed by atoms with E-state index in [0.29, 0.717) is 5.02 Å². The second-order valence-electron chi connectivity index (χ2n) is 5.30. The number of carbonyl (C=O) groups excluding carboxylic acids is 1. The molecule has 1 aliphatic heterocycles. The van der Waals surface area contributed by atoms with Gasteiger partial charge in [-0.1, -0.05) is 17.7 Å². The molecular formula is C17H18ClN3O. The van der Waals surface area contributed by atoms with Crippen molar-refractivity contribution in [2.45, 2.75) is 6.92 Å². The lowest BCUT2D eigenvalue weighted by atomic mass is 10.1. The minimum absolute atomic E-state index is 0.0912. The van der Waals surface area contributed by atoms with E-state index in [1.807, 2.05) is 42.3 Å². The SMILES string of the molecule is CC=CC(=O)N1CCN(c2ccnc3cc(Cl)ccc23)CC1. The molecule has 1 aliphatic rings. The van der Waals surface area contributed by atoms with Gasteiger partial charge in [-0.15, -0.1) is 0 Å². The summed E-state index contributed by atoms with van der Waals surface area (Å²) in [6.07, 6.45) is 5.22. The highest BCUT2D eigenvalue weighted by Crippen LogP contribution is 2.28. The first-order valence-corrected chi connectivity index (χ1v) is 7.77. The van der Waals surface area contributed by atoms with Gasteiger partial charge in [0.05, 0.1) is 5.52 Å². The molecule has 1 aromatic heterocycles. The van der Waals surface area contributed by atoms with Gasteiger partial charge >= 0.3 is 0 Å². The number of amides is 1. The van der Waals surface area contributed by atoms with Crippen molar-refractivity contribution >= 4 is 34.1 Å². The van der Waals surface area contributed by atoms with Crippen molar-refractivity contribution in [2.24, 2.45) is 0 Å².